The molecule has 1 unspecified atom stereocenters. The van der Waals surface area contributed by atoms with Crippen molar-refractivity contribution >= 4 is 17.4 Å². The Bertz CT molecular complexity index is 1160. The van der Waals surface area contributed by atoms with Crippen molar-refractivity contribution < 1.29 is 14.3 Å². The van der Waals surface area contributed by atoms with Gasteiger partial charge < -0.3 is 15.0 Å². The van der Waals surface area contributed by atoms with Crippen molar-refractivity contribution in [3.63, 3.8) is 0 Å². The highest BCUT2D eigenvalue weighted by Gasteiger charge is 2.26. The van der Waals surface area contributed by atoms with E-state index in [4.69, 9.17) is 4.74 Å². The van der Waals surface area contributed by atoms with E-state index in [1.165, 1.54) is 5.56 Å². The molecule has 3 aromatic carbocycles. The van der Waals surface area contributed by atoms with Gasteiger partial charge in [-0.2, -0.15) is 0 Å². The molecule has 5 heteroatoms. The maximum Gasteiger partial charge on any atom is 0.255 e. The average Bonchev–Trinajstić information content (AvgIpc) is 3.10. The number of amides is 1. The van der Waals surface area contributed by atoms with E-state index in [9.17, 15) is 9.59 Å². The van der Waals surface area contributed by atoms with Crippen LogP contribution in [0.5, 0.6) is 5.75 Å². The highest BCUT2D eigenvalue weighted by Crippen LogP contribution is 2.26. The Morgan fingerprint density at radius 2 is 1.64 bits per heavy atom. The number of aryl methyl sites for hydroxylation is 1. The van der Waals surface area contributed by atoms with Crippen molar-refractivity contribution in [2.24, 2.45) is 5.92 Å². The number of nitrogens with zero attached hydrogens (tertiary/aromatic N) is 1. The number of Topliss-reactive ketones (excluding diaryl/α,β-unsaturated/α-hetero) is 1. The molecule has 0 spiro atoms. The molecule has 0 aromatic heterocycles. The molecule has 1 amide bonds. The van der Waals surface area contributed by atoms with Gasteiger partial charge in [0.25, 0.3) is 5.91 Å². The summed E-state index contributed by atoms with van der Waals surface area (Å²) < 4.78 is 5.99. The fourth-order valence-electron chi connectivity index (χ4n) is 4.73. The van der Waals surface area contributed by atoms with Crippen molar-refractivity contribution in [1.29, 1.82) is 0 Å². The predicted molar refractivity (Wildman–Crippen MR) is 145 cm³/mol. The number of anilines is 1. The summed E-state index contributed by atoms with van der Waals surface area (Å²) in [6, 6.07) is 24.8. The highest BCUT2D eigenvalue weighted by molar-refractivity contribution is 6.00. The zero-order chi connectivity index (χ0) is 25.3. The predicted octanol–water partition coefficient (Wildman–Crippen LogP) is 5.82. The summed E-state index contributed by atoms with van der Waals surface area (Å²) in [4.78, 5) is 29.1. The van der Waals surface area contributed by atoms with Crippen molar-refractivity contribution in [2.45, 2.75) is 52.2 Å². The van der Waals surface area contributed by atoms with Gasteiger partial charge in [0, 0.05) is 12.2 Å². The normalized spacial score (nSPS) is 14.0. The van der Waals surface area contributed by atoms with Gasteiger partial charge >= 0.3 is 0 Å². The molecule has 1 N–H and O–H groups in total. The Balaban J connectivity index is 1.47. The van der Waals surface area contributed by atoms with Crippen molar-refractivity contribution in [2.75, 3.05) is 18.0 Å². The fourth-order valence-corrected chi connectivity index (χ4v) is 4.73. The van der Waals surface area contributed by atoms with Crippen LogP contribution in [0.2, 0.25) is 0 Å². The molecule has 36 heavy (non-hydrogen) atoms. The molecular weight excluding hydrogens is 448 g/mol. The third-order valence-corrected chi connectivity index (χ3v) is 6.57. The minimum absolute atomic E-state index is 0.0384. The number of hydrogen-bond acceptors (Lipinski definition) is 4. The number of nitrogens with one attached hydrogen (secondary N) is 1. The monoisotopic (exact) mass is 484 g/mol. The minimum atomic E-state index is -0.560. The summed E-state index contributed by atoms with van der Waals surface area (Å²) in [5.74, 6) is 0.529. The molecule has 0 radical (unpaired) electrons. The van der Waals surface area contributed by atoms with Crippen LogP contribution in [0.15, 0.2) is 78.9 Å². The van der Waals surface area contributed by atoms with Gasteiger partial charge in [-0.15, -0.1) is 0 Å². The number of ketones is 1. The van der Waals surface area contributed by atoms with E-state index in [-0.39, 0.29) is 17.6 Å². The third-order valence-electron chi connectivity index (χ3n) is 6.57. The van der Waals surface area contributed by atoms with Gasteiger partial charge in [-0.05, 0) is 60.9 Å². The lowest BCUT2D eigenvalue weighted by atomic mass is 9.99. The lowest BCUT2D eigenvalue weighted by Crippen LogP contribution is -2.46. The summed E-state index contributed by atoms with van der Waals surface area (Å²) in [6.45, 7) is 5.66. The van der Waals surface area contributed by atoms with Crippen LogP contribution in [-0.2, 0) is 17.8 Å². The van der Waals surface area contributed by atoms with Gasteiger partial charge in [0.15, 0.2) is 5.78 Å². The molecule has 188 valence electrons. The number of hydrogen-bond donors (Lipinski definition) is 1. The minimum Gasteiger partial charge on any atom is -0.488 e. The first-order chi connectivity index (χ1) is 17.5. The molecule has 0 saturated heterocycles. The molecule has 5 nitrogen and oxygen atoms in total. The highest BCUT2D eigenvalue weighted by atomic mass is 16.5. The Morgan fingerprint density at radius 3 is 2.44 bits per heavy atom. The van der Waals surface area contributed by atoms with E-state index >= 15 is 0 Å². The summed E-state index contributed by atoms with van der Waals surface area (Å²) in [6.07, 6.45) is 3.79. The van der Waals surface area contributed by atoms with E-state index in [1.54, 1.807) is 12.1 Å². The number of rotatable bonds is 10. The zero-order valence-electron chi connectivity index (χ0n) is 21.3. The quantitative estimate of drug-likeness (QED) is 0.394. The van der Waals surface area contributed by atoms with E-state index < -0.39 is 6.04 Å². The van der Waals surface area contributed by atoms with E-state index in [0.29, 0.717) is 30.9 Å². The Labute approximate surface area is 214 Å². The van der Waals surface area contributed by atoms with Crippen LogP contribution in [0.4, 0.5) is 5.69 Å². The second-order valence-corrected chi connectivity index (χ2v) is 9.90. The number of carbonyl (C=O) groups is 2. The number of carbonyl (C=O) groups excluding carboxylic acids is 2. The van der Waals surface area contributed by atoms with Gasteiger partial charge in [-0.25, -0.2) is 0 Å². The van der Waals surface area contributed by atoms with Crippen LogP contribution in [0, 0.1) is 5.92 Å². The first-order valence-electron chi connectivity index (χ1n) is 12.9. The third kappa shape index (κ3) is 6.75. The molecular formula is C31H36N2O3. The Kier molecular flexibility index (Phi) is 8.77. The second kappa shape index (κ2) is 12.4. The summed E-state index contributed by atoms with van der Waals surface area (Å²) >= 11 is 0. The molecule has 1 aliphatic heterocycles. The number of ether oxygens (including phenoxy) is 1. The molecule has 1 aliphatic rings. The maximum atomic E-state index is 13.5. The standard InChI is InChI=1S/C31H36N2O3/c1-23(2)20-27(29(34)21-33-19-11-10-15-25-14-6-8-17-28(25)33)32-31(35)26-16-7-9-18-30(26)36-22-24-12-4-3-5-13-24/h3-9,12-14,16-18,23,27H,10-11,15,19-22H2,1-2H3,(H,32,35). The van der Waals surface area contributed by atoms with Crippen molar-refractivity contribution in [3.05, 3.63) is 95.6 Å². The molecule has 0 bridgehead atoms. The zero-order valence-corrected chi connectivity index (χ0v) is 21.3. The van der Waals surface area contributed by atoms with Crippen molar-refractivity contribution in [3.8, 4) is 5.75 Å². The smallest absolute Gasteiger partial charge is 0.255 e. The topological polar surface area (TPSA) is 58.6 Å². The summed E-state index contributed by atoms with van der Waals surface area (Å²) in [7, 11) is 0. The van der Waals surface area contributed by atoms with E-state index in [0.717, 1.165) is 37.1 Å². The molecule has 4 rings (SSSR count). The molecule has 0 saturated carbocycles. The summed E-state index contributed by atoms with van der Waals surface area (Å²) in [5.41, 5.74) is 3.89. The van der Waals surface area contributed by atoms with Gasteiger partial charge in [0.05, 0.1) is 18.2 Å². The van der Waals surface area contributed by atoms with Crippen LogP contribution in [0.1, 0.15) is 54.6 Å². The van der Waals surface area contributed by atoms with Gasteiger partial charge in [-0.1, -0.05) is 74.5 Å². The van der Waals surface area contributed by atoms with Crippen molar-refractivity contribution in [1.82, 2.24) is 5.32 Å². The summed E-state index contributed by atoms with van der Waals surface area (Å²) in [5, 5.41) is 3.04. The van der Waals surface area contributed by atoms with Crippen LogP contribution >= 0.6 is 0 Å². The maximum absolute atomic E-state index is 13.5. The van der Waals surface area contributed by atoms with Crippen LogP contribution in [0.25, 0.3) is 0 Å². The van der Waals surface area contributed by atoms with Gasteiger partial charge in [0.2, 0.25) is 0 Å². The van der Waals surface area contributed by atoms with Gasteiger partial charge in [-0.3, -0.25) is 9.59 Å². The van der Waals surface area contributed by atoms with E-state index in [2.05, 4.69) is 42.3 Å². The average molecular weight is 485 g/mol. The number of para-hydroxylation sites is 2. The number of benzene rings is 3. The van der Waals surface area contributed by atoms with E-state index in [1.807, 2.05) is 48.5 Å². The molecule has 0 aliphatic carbocycles. The Hall–Kier alpha value is -3.60. The lowest BCUT2D eigenvalue weighted by molar-refractivity contribution is -0.120. The second-order valence-electron chi connectivity index (χ2n) is 9.90. The largest absolute Gasteiger partial charge is 0.488 e. The first kappa shape index (κ1) is 25.5. The Morgan fingerprint density at radius 1 is 0.917 bits per heavy atom. The lowest BCUT2D eigenvalue weighted by Gasteiger charge is -2.27. The number of fused-ring (bicyclic) bond motifs is 1. The van der Waals surface area contributed by atoms with Crippen LogP contribution < -0.4 is 15.0 Å². The van der Waals surface area contributed by atoms with Gasteiger partial charge in [0.1, 0.15) is 12.4 Å². The SMILES string of the molecule is CC(C)CC(NC(=O)c1ccccc1OCc1ccccc1)C(=O)CN1CCCCc2ccccc21. The fraction of sp³-hybridized carbons (Fsp3) is 0.355. The molecule has 1 heterocycles. The first-order valence-corrected chi connectivity index (χ1v) is 12.9. The molecule has 3 aromatic rings. The van der Waals surface area contributed by atoms with Crippen LogP contribution in [-0.4, -0.2) is 30.8 Å². The van der Waals surface area contributed by atoms with Crippen LogP contribution in [0.3, 0.4) is 0 Å². The molecule has 1 atom stereocenters. The molecule has 0 fully saturated rings.